The average molecular weight is 688 g/mol. The highest BCUT2D eigenvalue weighted by atomic mass is 35.5. The smallest absolute Gasteiger partial charge is 0.422 e. The summed E-state index contributed by atoms with van der Waals surface area (Å²) in [5.74, 6) is -2.51. The highest BCUT2D eigenvalue weighted by molar-refractivity contribution is 6.31. The fourth-order valence-electron chi connectivity index (χ4n) is 6.27. The molecule has 0 bridgehead atoms. The van der Waals surface area contributed by atoms with Crippen molar-refractivity contribution in [2.45, 2.75) is 44.3 Å². The van der Waals surface area contributed by atoms with Gasteiger partial charge in [0, 0.05) is 41.6 Å². The zero-order valence-corrected chi connectivity index (χ0v) is 26.3. The number of alkyl halides is 3. The molecule has 0 radical (unpaired) electrons. The second kappa shape index (κ2) is 13.5. The van der Waals surface area contributed by atoms with E-state index in [-0.39, 0.29) is 39.5 Å². The molecule has 9 nitrogen and oxygen atoms in total. The Morgan fingerprint density at radius 1 is 1.02 bits per heavy atom. The van der Waals surface area contributed by atoms with E-state index in [0.717, 1.165) is 55.4 Å². The van der Waals surface area contributed by atoms with E-state index in [1.807, 2.05) is 4.90 Å². The maximum Gasteiger partial charge on any atom is 0.422 e. The van der Waals surface area contributed by atoms with Crippen LogP contribution >= 0.6 is 11.6 Å². The molecular weight excluding hydrogens is 656 g/mol. The number of aromatic carboxylic acids is 1. The molecular formula is C34H32ClF4N4O5+. The Bertz CT molecular complexity index is 1830. The summed E-state index contributed by atoms with van der Waals surface area (Å²) in [7, 11) is 0. The molecule has 1 amide bonds. The number of nitrogens with zero attached hydrogens (tertiary/aromatic N) is 4. The normalized spacial score (nSPS) is 18.4. The van der Waals surface area contributed by atoms with Crippen molar-refractivity contribution in [3.05, 3.63) is 89.2 Å². The predicted octanol–water partition coefficient (Wildman–Crippen LogP) is 6.80. The first-order valence-electron chi connectivity index (χ1n) is 15.5. The van der Waals surface area contributed by atoms with Crippen molar-refractivity contribution in [1.29, 1.82) is 0 Å². The van der Waals surface area contributed by atoms with E-state index in [2.05, 4.69) is 5.10 Å². The number of carbonyl (C=O) groups is 2. The van der Waals surface area contributed by atoms with Gasteiger partial charge in [0.05, 0.1) is 27.9 Å². The van der Waals surface area contributed by atoms with Crippen molar-refractivity contribution in [2.24, 2.45) is 11.8 Å². The molecule has 2 aliphatic rings. The lowest BCUT2D eigenvalue weighted by atomic mass is 10.0. The zero-order chi connectivity index (χ0) is 34.2. The number of aromatic nitrogens is 3. The summed E-state index contributed by atoms with van der Waals surface area (Å²) in [5.41, 5.74) is 1.52. The Morgan fingerprint density at radius 2 is 1.73 bits per heavy atom. The van der Waals surface area contributed by atoms with Gasteiger partial charge in [-0.05, 0) is 73.9 Å². The largest absolute Gasteiger partial charge is 0.483 e. The molecule has 48 heavy (non-hydrogen) atoms. The standard InChI is InChI=1S/C34H31ClF4N4O5/c35-26-9-11-29(48-19-34(37,38)39)30(31(26)36)22-8-10-27(43(47)18-22)28(15-23-14-25(23)32(44)41-12-2-1-3-13-41)42-17-24(16-40-42)20-4-6-21(7-5-20)33(45)46/h4-11,16-18,23,25,28H,1-3,12-15,19H2,(H-,45,46,47)/p+1/t23-,25-,28?/m0/s1. The van der Waals surface area contributed by atoms with Crippen molar-refractivity contribution in [3.63, 3.8) is 0 Å². The van der Waals surface area contributed by atoms with Crippen LogP contribution in [0.5, 0.6) is 5.75 Å². The van der Waals surface area contributed by atoms with Gasteiger partial charge in [0.1, 0.15) is 11.8 Å². The summed E-state index contributed by atoms with van der Waals surface area (Å²) in [6.45, 7) is -0.178. The fraction of sp³-hybridized carbons (Fsp3) is 0.353. The molecule has 2 aromatic carbocycles. The van der Waals surface area contributed by atoms with Crippen LogP contribution in [-0.2, 0) is 4.79 Å². The number of carboxylic acid groups (broad SMARTS) is 1. The summed E-state index contributed by atoms with van der Waals surface area (Å²) in [5, 5.41) is 24.8. The summed E-state index contributed by atoms with van der Waals surface area (Å²) >= 11 is 5.97. The first kappa shape index (κ1) is 33.3. The number of carboxylic acids is 1. The van der Waals surface area contributed by atoms with E-state index in [0.29, 0.717) is 29.7 Å². The highest BCUT2D eigenvalue weighted by Gasteiger charge is 2.47. The number of amides is 1. The monoisotopic (exact) mass is 687 g/mol. The lowest BCUT2D eigenvalue weighted by molar-refractivity contribution is -0.910. The van der Waals surface area contributed by atoms with Crippen molar-refractivity contribution in [2.75, 3.05) is 19.7 Å². The Morgan fingerprint density at radius 3 is 2.40 bits per heavy atom. The summed E-state index contributed by atoms with van der Waals surface area (Å²) in [6, 6.07) is 10.9. The SMILES string of the molecule is O=C(O)c1ccc(-c2cnn(C(C[C@@H]3C[C@@H]3C(=O)N3CCCCC3)c3ccc(-c4c(OCC(F)(F)F)ccc(Cl)c4F)c[n+]3O)c2)cc1. The fourth-order valence-corrected chi connectivity index (χ4v) is 6.42. The van der Waals surface area contributed by atoms with Crippen LogP contribution in [0.3, 0.4) is 0 Å². The maximum atomic E-state index is 15.2. The Labute approximate surface area is 277 Å². The Kier molecular flexibility index (Phi) is 9.33. The third-order valence-corrected chi connectivity index (χ3v) is 9.15. The van der Waals surface area contributed by atoms with E-state index in [4.69, 9.17) is 16.3 Å². The van der Waals surface area contributed by atoms with Crippen LogP contribution in [0.2, 0.25) is 5.02 Å². The number of rotatable bonds is 10. The first-order chi connectivity index (χ1) is 22.9. The number of benzene rings is 2. The minimum absolute atomic E-state index is 0.000603. The third kappa shape index (κ3) is 7.25. The van der Waals surface area contributed by atoms with Gasteiger partial charge in [0.2, 0.25) is 12.1 Å². The van der Waals surface area contributed by atoms with Gasteiger partial charge in [-0.3, -0.25) is 14.7 Å². The summed E-state index contributed by atoms with van der Waals surface area (Å²) in [6.07, 6.45) is 4.00. The van der Waals surface area contributed by atoms with E-state index in [1.54, 1.807) is 29.2 Å². The van der Waals surface area contributed by atoms with Gasteiger partial charge in [-0.1, -0.05) is 23.7 Å². The van der Waals surface area contributed by atoms with Gasteiger partial charge in [0.15, 0.2) is 12.4 Å². The molecule has 2 aromatic heterocycles. The minimum atomic E-state index is -4.67. The first-order valence-corrected chi connectivity index (χ1v) is 15.9. The number of carbonyl (C=O) groups excluding carboxylic acids is 1. The van der Waals surface area contributed by atoms with Crippen LogP contribution in [-0.4, -0.2) is 62.7 Å². The van der Waals surface area contributed by atoms with Gasteiger partial charge >= 0.3 is 12.1 Å². The molecule has 1 aliphatic heterocycles. The second-order valence-electron chi connectivity index (χ2n) is 12.2. The van der Waals surface area contributed by atoms with Gasteiger partial charge in [-0.15, -0.1) is 0 Å². The van der Waals surface area contributed by atoms with Crippen molar-refractivity contribution in [1.82, 2.24) is 14.7 Å². The van der Waals surface area contributed by atoms with Crippen LogP contribution in [0.1, 0.15) is 54.2 Å². The molecule has 1 saturated carbocycles. The molecule has 1 aliphatic carbocycles. The molecule has 6 rings (SSSR count). The topological polar surface area (TPSA) is 109 Å². The third-order valence-electron chi connectivity index (χ3n) is 8.86. The van der Waals surface area contributed by atoms with Crippen molar-refractivity contribution in [3.8, 4) is 28.0 Å². The number of piperidine rings is 1. The molecule has 252 valence electrons. The molecule has 2 fully saturated rings. The Balaban J connectivity index is 1.33. The van der Waals surface area contributed by atoms with Crippen LogP contribution in [0.25, 0.3) is 22.3 Å². The predicted molar refractivity (Wildman–Crippen MR) is 165 cm³/mol. The van der Waals surface area contributed by atoms with Gasteiger partial charge in [0.25, 0.3) is 5.69 Å². The molecule has 3 atom stereocenters. The van der Waals surface area contributed by atoms with Gasteiger partial charge in [-0.2, -0.15) is 18.3 Å². The molecule has 1 unspecified atom stereocenters. The van der Waals surface area contributed by atoms with E-state index >= 15 is 4.39 Å². The molecule has 3 heterocycles. The van der Waals surface area contributed by atoms with Crippen LogP contribution in [0, 0.1) is 17.7 Å². The van der Waals surface area contributed by atoms with Crippen LogP contribution < -0.4 is 9.47 Å². The summed E-state index contributed by atoms with van der Waals surface area (Å²) in [4.78, 5) is 26.5. The van der Waals surface area contributed by atoms with E-state index in [9.17, 15) is 33.1 Å². The molecule has 2 N–H and O–H groups in total. The number of ether oxygens (including phenoxy) is 1. The van der Waals surface area contributed by atoms with Crippen molar-refractivity contribution < 1.29 is 46.9 Å². The molecule has 1 saturated heterocycles. The number of pyridine rings is 1. The van der Waals surface area contributed by atoms with Crippen LogP contribution in [0.4, 0.5) is 17.6 Å². The number of hydrogen-bond acceptors (Lipinski definition) is 5. The average Bonchev–Trinajstić information content (AvgIpc) is 3.67. The van der Waals surface area contributed by atoms with Crippen LogP contribution in [0.15, 0.2) is 67.1 Å². The lowest BCUT2D eigenvalue weighted by Crippen LogP contribution is -2.39. The Hall–Kier alpha value is -4.65. The number of hydrogen-bond donors (Lipinski definition) is 2. The van der Waals surface area contributed by atoms with Gasteiger partial charge in [-0.25, -0.2) is 9.18 Å². The van der Waals surface area contributed by atoms with E-state index < -0.39 is 36.4 Å². The zero-order valence-electron chi connectivity index (χ0n) is 25.5. The maximum absolute atomic E-state index is 15.2. The number of likely N-dealkylation sites (tertiary alicyclic amines) is 1. The number of halogens is 5. The van der Waals surface area contributed by atoms with Gasteiger partial charge < -0.3 is 14.7 Å². The second-order valence-corrected chi connectivity index (χ2v) is 12.6. The quantitative estimate of drug-likeness (QED) is 0.108. The summed E-state index contributed by atoms with van der Waals surface area (Å²) < 4.78 is 61.3. The van der Waals surface area contributed by atoms with Crippen molar-refractivity contribution >= 4 is 23.5 Å². The van der Waals surface area contributed by atoms with E-state index in [1.165, 1.54) is 24.3 Å². The molecule has 0 spiro atoms. The molecule has 14 heteroatoms. The lowest BCUT2D eigenvalue weighted by Gasteiger charge is -2.27. The highest BCUT2D eigenvalue weighted by Crippen LogP contribution is 2.47. The minimum Gasteiger partial charge on any atom is -0.483 e. The molecule has 4 aromatic rings.